The van der Waals surface area contributed by atoms with Gasteiger partial charge >= 0.3 is 0 Å². The molecule has 1 saturated heterocycles. The normalized spacial score (nSPS) is 23.5. The third-order valence-electron chi connectivity index (χ3n) is 2.18. The van der Waals surface area contributed by atoms with Crippen molar-refractivity contribution in [3.8, 4) is 0 Å². The number of hydrogen-bond acceptors (Lipinski definition) is 3. The Bertz CT molecular complexity index is 298. The highest BCUT2D eigenvalue weighted by Crippen LogP contribution is 2.17. The minimum atomic E-state index is -3.89. The maximum Gasteiger partial charge on any atom is 0.265 e. The highest BCUT2D eigenvalue weighted by atomic mass is 32.2. The molecule has 1 rings (SSSR count). The van der Waals surface area contributed by atoms with Crippen LogP contribution in [0.2, 0.25) is 0 Å². The fourth-order valence-electron chi connectivity index (χ4n) is 1.55. The van der Waals surface area contributed by atoms with Crippen molar-refractivity contribution in [2.45, 2.75) is 13.3 Å². The van der Waals surface area contributed by atoms with Gasteiger partial charge in [0.2, 0.25) is 5.91 Å². The molecule has 5 nitrogen and oxygen atoms in total. The number of carbonyl (C=O) groups excluding carboxylic acids is 1. The first kappa shape index (κ1) is 10.5. The summed E-state index contributed by atoms with van der Waals surface area (Å²) in [6.07, 6.45) is 0.652. The summed E-state index contributed by atoms with van der Waals surface area (Å²) in [6, 6.07) is 0. The van der Waals surface area contributed by atoms with Crippen molar-refractivity contribution in [1.82, 2.24) is 4.90 Å². The van der Waals surface area contributed by atoms with E-state index >= 15 is 0 Å². The topological polar surface area (TPSA) is 74.7 Å². The van der Waals surface area contributed by atoms with Crippen molar-refractivity contribution in [3.63, 3.8) is 0 Å². The first-order chi connectivity index (χ1) is 5.88. The predicted molar refractivity (Wildman–Crippen MR) is 46.8 cm³/mol. The summed E-state index contributed by atoms with van der Waals surface area (Å²) in [5.41, 5.74) is 0. The Balaban J connectivity index is 2.47. The van der Waals surface area contributed by atoms with Crippen LogP contribution in [-0.4, -0.2) is 42.6 Å². The van der Waals surface area contributed by atoms with Crippen LogP contribution in [-0.2, 0) is 14.9 Å². The monoisotopic (exact) mass is 207 g/mol. The SMILES string of the molecule is CC(=O)N1CC[C@@H](CS(=O)(=O)O)C1. The van der Waals surface area contributed by atoms with Gasteiger partial charge in [0.25, 0.3) is 10.1 Å². The van der Waals surface area contributed by atoms with Gasteiger partial charge in [0.1, 0.15) is 0 Å². The minimum Gasteiger partial charge on any atom is -0.343 e. The summed E-state index contributed by atoms with van der Waals surface area (Å²) in [5.74, 6) is -0.395. The third kappa shape index (κ3) is 3.31. The van der Waals surface area contributed by atoms with Crippen LogP contribution in [0.15, 0.2) is 0 Å². The second-order valence-corrected chi connectivity index (χ2v) is 4.87. The van der Waals surface area contributed by atoms with Gasteiger partial charge in [-0.3, -0.25) is 9.35 Å². The molecule has 0 aliphatic carbocycles. The van der Waals surface area contributed by atoms with E-state index in [2.05, 4.69) is 0 Å². The zero-order chi connectivity index (χ0) is 10.1. The summed E-state index contributed by atoms with van der Waals surface area (Å²) in [6.45, 7) is 2.49. The smallest absolute Gasteiger partial charge is 0.265 e. The van der Waals surface area contributed by atoms with E-state index in [0.29, 0.717) is 19.5 Å². The molecule has 13 heavy (non-hydrogen) atoms. The van der Waals surface area contributed by atoms with Crippen LogP contribution >= 0.6 is 0 Å². The lowest BCUT2D eigenvalue weighted by molar-refractivity contribution is -0.127. The largest absolute Gasteiger partial charge is 0.343 e. The van der Waals surface area contributed by atoms with Crippen LogP contribution in [0.1, 0.15) is 13.3 Å². The zero-order valence-corrected chi connectivity index (χ0v) is 8.25. The molecule has 0 aromatic rings. The molecule has 1 heterocycles. The molecule has 6 heteroatoms. The van der Waals surface area contributed by atoms with Gasteiger partial charge in [-0.1, -0.05) is 0 Å². The molecule has 0 bridgehead atoms. The van der Waals surface area contributed by atoms with Crippen LogP contribution in [0, 0.1) is 5.92 Å². The molecule has 1 aliphatic heterocycles. The maximum absolute atomic E-state index is 10.9. The van der Waals surface area contributed by atoms with E-state index in [0.717, 1.165) is 0 Å². The Morgan fingerprint density at radius 2 is 2.23 bits per heavy atom. The molecule has 0 saturated carbocycles. The van der Waals surface area contributed by atoms with Gasteiger partial charge in [-0.25, -0.2) is 0 Å². The number of rotatable bonds is 2. The second-order valence-electron chi connectivity index (χ2n) is 3.37. The van der Waals surface area contributed by atoms with Gasteiger partial charge in [0.15, 0.2) is 0 Å². The Morgan fingerprint density at radius 1 is 1.62 bits per heavy atom. The molecule has 1 amide bonds. The summed E-state index contributed by atoms with van der Waals surface area (Å²) in [7, 11) is -3.89. The van der Waals surface area contributed by atoms with Crippen LogP contribution in [0.25, 0.3) is 0 Å². The first-order valence-corrected chi connectivity index (χ1v) is 5.70. The Morgan fingerprint density at radius 3 is 2.62 bits per heavy atom. The molecule has 0 aromatic carbocycles. The van der Waals surface area contributed by atoms with Gasteiger partial charge < -0.3 is 4.90 Å². The first-order valence-electron chi connectivity index (χ1n) is 4.09. The van der Waals surface area contributed by atoms with Crippen molar-refractivity contribution in [2.24, 2.45) is 5.92 Å². The van der Waals surface area contributed by atoms with E-state index in [1.807, 2.05) is 0 Å². The molecular formula is C7H13NO4S. The predicted octanol–water partition coefficient (Wildman–Crippen LogP) is -0.257. The molecule has 1 N–H and O–H groups in total. The van der Waals surface area contributed by atoms with Crippen molar-refractivity contribution >= 4 is 16.0 Å². The highest BCUT2D eigenvalue weighted by Gasteiger charge is 2.27. The van der Waals surface area contributed by atoms with Crippen molar-refractivity contribution in [2.75, 3.05) is 18.8 Å². The van der Waals surface area contributed by atoms with E-state index in [-0.39, 0.29) is 17.6 Å². The van der Waals surface area contributed by atoms with Gasteiger partial charge in [-0.2, -0.15) is 8.42 Å². The summed E-state index contributed by atoms with van der Waals surface area (Å²) in [4.78, 5) is 12.5. The van der Waals surface area contributed by atoms with Crippen LogP contribution in [0.3, 0.4) is 0 Å². The molecule has 0 aromatic heterocycles. The molecule has 0 unspecified atom stereocenters. The van der Waals surface area contributed by atoms with Crippen LogP contribution in [0.5, 0.6) is 0 Å². The summed E-state index contributed by atoms with van der Waals surface area (Å²) < 4.78 is 29.6. The van der Waals surface area contributed by atoms with E-state index in [1.54, 1.807) is 4.90 Å². The Hall–Kier alpha value is -0.620. The van der Waals surface area contributed by atoms with Crippen molar-refractivity contribution < 1.29 is 17.8 Å². The highest BCUT2D eigenvalue weighted by molar-refractivity contribution is 7.85. The number of amides is 1. The number of likely N-dealkylation sites (tertiary alicyclic amines) is 1. The standard InChI is InChI=1S/C7H13NO4S/c1-6(9)8-3-2-7(4-8)5-13(10,11)12/h7H,2-5H2,1H3,(H,10,11,12)/t7-/m1/s1. The quantitative estimate of drug-likeness (QED) is 0.633. The van der Waals surface area contributed by atoms with Gasteiger partial charge in [0, 0.05) is 20.0 Å². The number of carbonyl (C=O) groups is 1. The fourth-order valence-corrected chi connectivity index (χ4v) is 2.42. The molecule has 0 radical (unpaired) electrons. The molecule has 76 valence electrons. The minimum absolute atomic E-state index is 0.0437. The lowest BCUT2D eigenvalue weighted by Crippen LogP contribution is -2.27. The lowest BCUT2D eigenvalue weighted by atomic mass is 10.2. The van der Waals surface area contributed by atoms with E-state index in [4.69, 9.17) is 4.55 Å². The Labute approximate surface area is 77.5 Å². The van der Waals surface area contributed by atoms with Crippen molar-refractivity contribution in [1.29, 1.82) is 0 Å². The van der Waals surface area contributed by atoms with Gasteiger partial charge in [-0.05, 0) is 12.3 Å². The zero-order valence-electron chi connectivity index (χ0n) is 7.43. The average molecular weight is 207 g/mol. The van der Waals surface area contributed by atoms with E-state index < -0.39 is 10.1 Å². The fraction of sp³-hybridized carbons (Fsp3) is 0.857. The van der Waals surface area contributed by atoms with Crippen molar-refractivity contribution in [3.05, 3.63) is 0 Å². The molecule has 1 atom stereocenters. The van der Waals surface area contributed by atoms with Gasteiger partial charge in [0.05, 0.1) is 5.75 Å². The molecule has 0 spiro atoms. The number of hydrogen-bond donors (Lipinski definition) is 1. The van der Waals surface area contributed by atoms with Crippen LogP contribution < -0.4 is 0 Å². The average Bonchev–Trinajstić information content (AvgIpc) is 2.31. The lowest BCUT2D eigenvalue weighted by Gasteiger charge is -2.12. The summed E-state index contributed by atoms with van der Waals surface area (Å²) in [5, 5.41) is 0. The maximum atomic E-state index is 10.9. The number of nitrogens with zero attached hydrogens (tertiary/aromatic N) is 1. The van der Waals surface area contributed by atoms with E-state index in [9.17, 15) is 13.2 Å². The third-order valence-corrected chi connectivity index (χ3v) is 3.07. The summed E-state index contributed by atoms with van der Waals surface area (Å²) >= 11 is 0. The second kappa shape index (κ2) is 3.63. The molecule has 1 aliphatic rings. The van der Waals surface area contributed by atoms with Crippen LogP contribution in [0.4, 0.5) is 0 Å². The molecule has 1 fully saturated rings. The molecular weight excluding hydrogens is 194 g/mol. The van der Waals surface area contributed by atoms with Gasteiger partial charge in [-0.15, -0.1) is 0 Å². The van der Waals surface area contributed by atoms with E-state index in [1.165, 1.54) is 6.92 Å². The Kier molecular flexibility index (Phi) is 2.92.